The third-order valence-electron chi connectivity index (χ3n) is 3.24. The molecule has 1 atom stereocenters. The van der Waals surface area contributed by atoms with Crippen molar-refractivity contribution in [3.63, 3.8) is 0 Å². The minimum atomic E-state index is 0.114. The van der Waals surface area contributed by atoms with E-state index in [4.69, 9.17) is 0 Å². The molecule has 0 spiro atoms. The van der Waals surface area contributed by atoms with E-state index in [9.17, 15) is 4.79 Å². The average molecular weight is 267 g/mol. The number of hydrogen-bond donors (Lipinski definition) is 0. The topological polar surface area (TPSA) is 17.1 Å². The molecule has 15 heavy (non-hydrogen) atoms. The van der Waals surface area contributed by atoms with Crippen LogP contribution in [0.3, 0.4) is 0 Å². The van der Waals surface area contributed by atoms with E-state index in [1.165, 1.54) is 5.56 Å². The second kappa shape index (κ2) is 3.44. The maximum absolute atomic E-state index is 12.0. The molecule has 80 valence electrons. The summed E-state index contributed by atoms with van der Waals surface area (Å²) in [7, 11) is 0. The number of halogens is 1. The lowest BCUT2D eigenvalue weighted by Gasteiger charge is -2.35. The molecule has 1 nitrogen and oxygen atoms in total. The van der Waals surface area contributed by atoms with Gasteiger partial charge in [-0.15, -0.1) is 0 Å². The van der Waals surface area contributed by atoms with Gasteiger partial charge in [-0.1, -0.05) is 42.8 Å². The number of hydrogen-bond acceptors (Lipinski definition) is 1. The SMILES string of the molecule is CC1CC(C)(C)c2ccc(Br)cc2C1=O. The van der Waals surface area contributed by atoms with Gasteiger partial charge in [-0.2, -0.15) is 0 Å². The first-order valence-corrected chi connectivity index (χ1v) is 6.05. The summed E-state index contributed by atoms with van der Waals surface area (Å²) in [5, 5.41) is 0. The summed E-state index contributed by atoms with van der Waals surface area (Å²) < 4.78 is 0.986. The molecule has 1 unspecified atom stereocenters. The highest BCUT2D eigenvalue weighted by atomic mass is 79.9. The number of carbonyl (C=O) groups excluding carboxylic acids is 1. The highest BCUT2D eigenvalue weighted by molar-refractivity contribution is 9.10. The molecule has 0 N–H and O–H groups in total. The molecule has 0 saturated carbocycles. The van der Waals surface area contributed by atoms with E-state index < -0.39 is 0 Å². The van der Waals surface area contributed by atoms with Gasteiger partial charge in [-0.05, 0) is 29.5 Å². The molecule has 0 radical (unpaired) electrons. The van der Waals surface area contributed by atoms with Gasteiger partial charge >= 0.3 is 0 Å². The monoisotopic (exact) mass is 266 g/mol. The smallest absolute Gasteiger partial charge is 0.166 e. The number of fused-ring (bicyclic) bond motifs is 1. The van der Waals surface area contributed by atoms with Gasteiger partial charge in [0.05, 0.1) is 0 Å². The first-order chi connectivity index (χ1) is 6.92. The van der Waals surface area contributed by atoms with Crippen molar-refractivity contribution < 1.29 is 4.79 Å². The Morgan fingerprint density at radius 1 is 1.40 bits per heavy atom. The standard InChI is InChI=1S/C13H15BrO/c1-8-7-13(2,3)11-5-4-9(14)6-10(11)12(8)15/h4-6,8H,7H2,1-3H3. The van der Waals surface area contributed by atoms with Gasteiger partial charge < -0.3 is 0 Å². The second-order valence-corrected chi connectivity index (χ2v) is 5.96. The lowest BCUT2D eigenvalue weighted by atomic mass is 9.68. The van der Waals surface area contributed by atoms with Crippen LogP contribution in [0, 0.1) is 5.92 Å². The zero-order valence-corrected chi connectivity index (χ0v) is 10.9. The van der Waals surface area contributed by atoms with Crippen LogP contribution in [0.15, 0.2) is 22.7 Å². The number of rotatable bonds is 0. The second-order valence-electron chi connectivity index (χ2n) is 5.04. The van der Waals surface area contributed by atoms with Crippen molar-refractivity contribution in [3.8, 4) is 0 Å². The predicted molar refractivity (Wildman–Crippen MR) is 65.3 cm³/mol. The minimum Gasteiger partial charge on any atom is -0.294 e. The Labute approximate surface area is 99.0 Å². The molecule has 1 aromatic carbocycles. The van der Waals surface area contributed by atoms with Gasteiger partial charge in [0.25, 0.3) is 0 Å². The Kier molecular flexibility index (Phi) is 2.50. The van der Waals surface area contributed by atoms with Crippen LogP contribution < -0.4 is 0 Å². The van der Waals surface area contributed by atoms with Crippen LogP contribution in [0.5, 0.6) is 0 Å². The lowest BCUT2D eigenvalue weighted by Crippen LogP contribution is -2.32. The van der Waals surface area contributed by atoms with Crippen molar-refractivity contribution in [2.75, 3.05) is 0 Å². The summed E-state index contributed by atoms with van der Waals surface area (Å²) >= 11 is 3.42. The summed E-state index contributed by atoms with van der Waals surface area (Å²) in [4.78, 5) is 12.0. The minimum absolute atomic E-state index is 0.114. The molecule has 0 saturated heterocycles. The molecule has 0 amide bonds. The molecule has 1 aliphatic rings. The van der Waals surface area contributed by atoms with Crippen LogP contribution in [-0.2, 0) is 5.41 Å². The van der Waals surface area contributed by atoms with E-state index in [-0.39, 0.29) is 17.1 Å². The van der Waals surface area contributed by atoms with Gasteiger partial charge in [0.15, 0.2) is 5.78 Å². The Hall–Kier alpha value is -0.630. The van der Waals surface area contributed by atoms with Crippen molar-refractivity contribution >= 4 is 21.7 Å². The molecular formula is C13H15BrO. The molecule has 0 fully saturated rings. The summed E-state index contributed by atoms with van der Waals surface area (Å²) in [5.41, 5.74) is 2.20. The molecule has 2 heteroatoms. The Balaban J connectivity index is 2.64. The maximum Gasteiger partial charge on any atom is 0.166 e. The van der Waals surface area contributed by atoms with Gasteiger partial charge in [0, 0.05) is 16.0 Å². The Bertz CT molecular complexity index is 421. The van der Waals surface area contributed by atoms with Gasteiger partial charge in [0.2, 0.25) is 0 Å². The normalized spacial score (nSPS) is 23.7. The van der Waals surface area contributed by atoms with E-state index in [1.54, 1.807) is 0 Å². The largest absolute Gasteiger partial charge is 0.294 e. The van der Waals surface area contributed by atoms with Crippen LogP contribution in [0.2, 0.25) is 0 Å². The summed E-state index contributed by atoms with van der Waals surface area (Å²) in [5.74, 6) is 0.424. The number of ketones is 1. The van der Waals surface area contributed by atoms with Crippen LogP contribution >= 0.6 is 15.9 Å². The van der Waals surface area contributed by atoms with E-state index in [0.29, 0.717) is 0 Å². The highest BCUT2D eigenvalue weighted by Gasteiger charge is 2.35. The maximum atomic E-state index is 12.0. The third-order valence-corrected chi connectivity index (χ3v) is 3.73. The fourth-order valence-electron chi connectivity index (χ4n) is 2.54. The van der Waals surface area contributed by atoms with E-state index >= 15 is 0 Å². The van der Waals surface area contributed by atoms with Gasteiger partial charge in [-0.25, -0.2) is 0 Å². The molecule has 1 aromatic rings. The molecule has 2 rings (SSSR count). The zero-order chi connectivity index (χ0) is 11.2. The summed E-state index contributed by atoms with van der Waals surface area (Å²) in [6, 6.07) is 6.04. The van der Waals surface area contributed by atoms with E-state index in [0.717, 1.165) is 16.5 Å². The fraction of sp³-hybridized carbons (Fsp3) is 0.462. The van der Waals surface area contributed by atoms with Crippen LogP contribution in [-0.4, -0.2) is 5.78 Å². The van der Waals surface area contributed by atoms with E-state index in [1.807, 2.05) is 19.1 Å². The summed E-state index contributed by atoms with van der Waals surface area (Å²) in [6.45, 7) is 6.44. The average Bonchev–Trinajstić information content (AvgIpc) is 2.13. The molecular weight excluding hydrogens is 252 g/mol. The molecule has 1 aliphatic carbocycles. The van der Waals surface area contributed by atoms with Crippen molar-refractivity contribution in [2.24, 2.45) is 5.92 Å². The van der Waals surface area contributed by atoms with Gasteiger partial charge in [-0.3, -0.25) is 4.79 Å². The van der Waals surface area contributed by atoms with Crippen LogP contribution in [0.25, 0.3) is 0 Å². The van der Waals surface area contributed by atoms with Gasteiger partial charge in [0.1, 0.15) is 0 Å². The fourth-order valence-corrected chi connectivity index (χ4v) is 2.91. The first-order valence-electron chi connectivity index (χ1n) is 5.26. The predicted octanol–water partition coefficient (Wildman–Crippen LogP) is 3.95. The van der Waals surface area contributed by atoms with Crippen molar-refractivity contribution in [3.05, 3.63) is 33.8 Å². The lowest BCUT2D eigenvalue weighted by molar-refractivity contribution is 0.0888. The summed E-state index contributed by atoms with van der Waals surface area (Å²) in [6.07, 6.45) is 0.945. The van der Waals surface area contributed by atoms with Crippen molar-refractivity contribution in [2.45, 2.75) is 32.6 Å². The molecule has 0 aromatic heterocycles. The Morgan fingerprint density at radius 3 is 2.73 bits per heavy atom. The zero-order valence-electron chi connectivity index (χ0n) is 9.30. The molecule has 0 aliphatic heterocycles. The number of Topliss-reactive ketones (excluding diaryl/α,β-unsaturated/α-hetero) is 1. The number of benzene rings is 1. The molecule has 0 heterocycles. The number of carbonyl (C=O) groups is 1. The van der Waals surface area contributed by atoms with Crippen molar-refractivity contribution in [1.82, 2.24) is 0 Å². The van der Waals surface area contributed by atoms with E-state index in [2.05, 4.69) is 35.8 Å². The quantitative estimate of drug-likeness (QED) is 0.695. The highest BCUT2D eigenvalue weighted by Crippen LogP contribution is 2.40. The van der Waals surface area contributed by atoms with Crippen LogP contribution in [0.4, 0.5) is 0 Å². The van der Waals surface area contributed by atoms with Crippen LogP contribution in [0.1, 0.15) is 43.1 Å². The third kappa shape index (κ3) is 1.76. The first kappa shape index (κ1) is 10.9. The van der Waals surface area contributed by atoms with Crippen molar-refractivity contribution in [1.29, 1.82) is 0 Å². The Morgan fingerprint density at radius 2 is 2.07 bits per heavy atom. The molecule has 0 bridgehead atoms.